The van der Waals surface area contributed by atoms with Crippen LogP contribution in [0.3, 0.4) is 0 Å². The van der Waals surface area contributed by atoms with Crippen molar-refractivity contribution in [3.8, 4) is 6.07 Å². The molecule has 0 saturated carbocycles. The Morgan fingerprint density at radius 1 is 1.54 bits per heavy atom. The van der Waals surface area contributed by atoms with E-state index in [-0.39, 0.29) is 39.5 Å². The third-order valence-electron chi connectivity index (χ3n) is 3.89. The molecule has 0 spiro atoms. The van der Waals surface area contributed by atoms with Crippen LogP contribution in [0.25, 0.3) is 0 Å². The number of carbonyl (C=O) groups is 1. The predicted molar refractivity (Wildman–Crippen MR) is 95.3 cm³/mol. The number of nitro groups is 1. The highest BCUT2D eigenvalue weighted by molar-refractivity contribution is 7.91. The molecule has 1 fully saturated rings. The van der Waals surface area contributed by atoms with Crippen molar-refractivity contribution in [2.45, 2.75) is 12.5 Å². The zero-order chi connectivity index (χ0) is 19.5. The van der Waals surface area contributed by atoms with E-state index in [1.807, 2.05) is 0 Å². The molecule has 1 amide bonds. The third kappa shape index (κ3) is 4.71. The second-order valence-electron chi connectivity index (χ2n) is 5.75. The predicted octanol–water partition coefficient (Wildman–Crippen LogP) is 1.71. The fourth-order valence-electron chi connectivity index (χ4n) is 2.46. The lowest BCUT2D eigenvalue weighted by Crippen LogP contribution is -2.29. The van der Waals surface area contributed by atoms with Crippen LogP contribution in [0.1, 0.15) is 6.42 Å². The van der Waals surface area contributed by atoms with Gasteiger partial charge in [-0.2, -0.15) is 5.26 Å². The average molecular weight is 399 g/mol. The molecule has 0 aliphatic carbocycles. The number of hydrogen-bond donors (Lipinski definition) is 1. The molecule has 1 aliphatic rings. The summed E-state index contributed by atoms with van der Waals surface area (Å²) in [5.74, 6) is -0.785. The van der Waals surface area contributed by atoms with Gasteiger partial charge in [-0.3, -0.25) is 14.9 Å². The Morgan fingerprint density at radius 3 is 2.77 bits per heavy atom. The highest BCUT2D eigenvalue weighted by atomic mass is 35.5. The number of halogens is 1. The fourth-order valence-corrected chi connectivity index (χ4v) is 4.41. The third-order valence-corrected chi connectivity index (χ3v) is 5.97. The molecule has 0 bridgehead atoms. The zero-order valence-corrected chi connectivity index (χ0v) is 15.2. The topological polar surface area (TPSA) is 133 Å². The Balaban J connectivity index is 2.18. The molecule has 138 valence electrons. The van der Waals surface area contributed by atoms with E-state index in [1.165, 1.54) is 23.2 Å². The Hall–Kier alpha value is -2.64. The van der Waals surface area contributed by atoms with Gasteiger partial charge < -0.3 is 10.2 Å². The van der Waals surface area contributed by atoms with Crippen molar-refractivity contribution in [2.75, 3.05) is 23.9 Å². The number of sulfone groups is 1. The molecule has 1 aliphatic heterocycles. The summed E-state index contributed by atoms with van der Waals surface area (Å²) < 4.78 is 23.1. The van der Waals surface area contributed by atoms with E-state index in [0.29, 0.717) is 6.42 Å². The standard InChI is InChI=1S/C15H15ClN4O5S/c1-19(12-4-5-26(24,25)9-12)8-10(7-17)15(21)18-14-6-11(20(22)23)2-3-13(14)16/h2-3,6,8,12H,4-5,9H2,1H3,(H,18,21)/b10-8-. The number of nitriles is 1. The summed E-state index contributed by atoms with van der Waals surface area (Å²) in [4.78, 5) is 24.0. The Morgan fingerprint density at radius 2 is 2.23 bits per heavy atom. The lowest BCUT2D eigenvalue weighted by molar-refractivity contribution is -0.384. The van der Waals surface area contributed by atoms with Crippen LogP contribution in [0.2, 0.25) is 5.02 Å². The maximum atomic E-state index is 12.3. The number of hydrogen-bond acceptors (Lipinski definition) is 7. The minimum atomic E-state index is -3.11. The molecule has 1 aromatic rings. The van der Waals surface area contributed by atoms with E-state index >= 15 is 0 Å². The SMILES string of the molecule is CN(/C=C(/C#N)C(=O)Nc1cc([N+](=O)[O-])ccc1Cl)C1CCS(=O)(=O)C1. The molecule has 2 rings (SSSR count). The molecular formula is C15H15ClN4O5S. The van der Waals surface area contributed by atoms with E-state index in [9.17, 15) is 28.6 Å². The summed E-state index contributed by atoms with van der Waals surface area (Å²) in [6, 6.07) is 4.95. The summed E-state index contributed by atoms with van der Waals surface area (Å²) in [7, 11) is -1.53. The van der Waals surface area contributed by atoms with Gasteiger partial charge in [-0.25, -0.2) is 8.42 Å². The molecule has 0 radical (unpaired) electrons. The van der Waals surface area contributed by atoms with Crippen LogP contribution >= 0.6 is 11.6 Å². The van der Waals surface area contributed by atoms with E-state index in [0.717, 1.165) is 6.07 Å². The summed E-state index contributed by atoms with van der Waals surface area (Å²) in [6.45, 7) is 0. The second-order valence-corrected chi connectivity index (χ2v) is 8.39. The number of benzene rings is 1. The van der Waals surface area contributed by atoms with Gasteiger partial charge in [0.2, 0.25) is 0 Å². The number of nitrogens with one attached hydrogen (secondary N) is 1. The molecule has 1 aromatic carbocycles. The van der Waals surface area contributed by atoms with Gasteiger partial charge in [0.1, 0.15) is 11.6 Å². The van der Waals surface area contributed by atoms with Crippen LogP contribution in [-0.4, -0.2) is 48.7 Å². The first kappa shape index (κ1) is 19.7. The molecule has 1 atom stereocenters. The maximum absolute atomic E-state index is 12.3. The van der Waals surface area contributed by atoms with Crippen molar-refractivity contribution < 1.29 is 18.1 Å². The van der Waals surface area contributed by atoms with Crippen molar-refractivity contribution in [2.24, 2.45) is 0 Å². The van der Waals surface area contributed by atoms with Crippen molar-refractivity contribution in [3.05, 3.63) is 45.1 Å². The van der Waals surface area contributed by atoms with Gasteiger partial charge in [0.25, 0.3) is 11.6 Å². The quantitative estimate of drug-likeness (QED) is 0.345. The van der Waals surface area contributed by atoms with Crippen LogP contribution in [0.15, 0.2) is 30.0 Å². The number of anilines is 1. The van der Waals surface area contributed by atoms with Crippen molar-refractivity contribution in [3.63, 3.8) is 0 Å². The summed E-state index contributed by atoms with van der Waals surface area (Å²) in [6.07, 6.45) is 1.67. The molecule has 0 aromatic heterocycles. The fraction of sp³-hybridized carbons (Fsp3) is 0.333. The largest absolute Gasteiger partial charge is 0.375 e. The lowest BCUT2D eigenvalue weighted by Gasteiger charge is -2.21. The number of carbonyl (C=O) groups excluding carboxylic acids is 1. The highest BCUT2D eigenvalue weighted by Gasteiger charge is 2.30. The van der Waals surface area contributed by atoms with Gasteiger partial charge in [0.05, 0.1) is 27.1 Å². The molecule has 1 unspecified atom stereocenters. The molecule has 26 heavy (non-hydrogen) atoms. The average Bonchev–Trinajstić information content (AvgIpc) is 2.94. The normalized spacial score (nSPS) is 18.8. The van der Waals surface area contributed by atoms with Crippen LogP contribution in [0, 0.1) is 21.4 Å². The Labute approximate surface area is 154 Å². The molecular weight excluding hydrogens is 384 g/mol. The van der Waals surface area contributed by atoms with Gasteiger partial charge in [-0.1, -0.05) is 11.6 Å². The Bertz CT molecular complexity index is 922. The van der Waals surface area contributed by atoms with E-state index < -0.39 is 20.7 Å². The monoisotopic (exact) mass is 398 g/mol. The first-order chi connectivity index (χ1) is 12.1. The van der Waals surface area contributed by atoms with Crippen molar-refractivity contribution in [1.82, 2.24) is 4.90 Å². The zero-order valence-electron chi connectivity index (χ0n) is 13.7. The molecule has 1 heterocycles. The van der Waals surface area contributed by atoms with Gasteiger partial charge >= 0.3 is 0 Å². The van der Waals surface area contributed by atoms with Crippen LogP contribution in [0.5, 0.6) is 0 Å². The number of nitrogens with zero attached hydrogens (tertiary/aromatic N) is 3. The number of amides is 1. The minimum Gasteiger partial charge on any atom is -0.375 e. The van der Waals surface area contributed by atoms with Gasteiger partial charge in [0, 0.05) is 31.4 Å². The Kier molecular flexibility index (Phi) is 5.84. The summed E-state index contributed by atoms with van der Waals surface area (Å²) in [5, 5.41) is 22.5. The number of rotatable bonds is 5. The van der Waals surface area contributed by atoms with E-state index in [1.54, 1.807) is 13.1 Å². The minimum absolute atomic E-state index is 0.00175. The summed E-state index contributed by atoms with van der Waals surface area (Å²) in [5.41, 5.74) is -0.544. The van der Waals surface area contributed by atoms with Crippen LogP contribution in [0.4, 0.5) is 11.4 Å². The van der Waals surface area contributed by atoms with Crippen LogP contribution < -0.4 is 5.32 Å². The second kappa shape index (κ2) is 7.72. The van der Waals surface area contributed by atoms with Crippen LogP contribution in [-0.2, 0) is 14.6 Å². The van der Waals surface area contributed by atoms with Crippen molar-refractivity contribution in [1.29, 1.82) is 5.26 Å². The smallest absolute Gasteiger partial charge is 0.271 e. The van der Waals surface area contributed by atoms with Gasteiger partial charge in [-0.05, 0) is 12.5 Å². The number of nitro benzene ring substituents is 1. The number of non-ortho nitro benzene ring substituents is 1. The summed E-state index contributed by atoms with van der Waals surface area (Å²) >= 11 is 5.92. The maximum Gasteiger partial charge on any atom is 0.271 e. The molecule has 9 nitrogen and oxygen atoms in total. The van der Waals surface area contributed by atoms with Gasteiger partial charge in [0.15, 0.2) is 9.84 Å². The molecule has 11 heteroatoms. The first-order valence-corrected chi connectivity index (χ1v) is 9.62. The first-order valence-electron chi connectivity index (χ1n) is 7.42. The van der Waals surface area contributed by atoms with E-state index in [4.69, 9.17) is 11.6 Å². The lowest BCUT2D eigenvalue weighted by atomic mass is 10.2. The van der Waals surface area contributed by atoms with Crippen molar-refractivity contribution >= 4 is 38.7 Å². The van der Waals surface area contributed by atoms with Gasteiger partial charge in [-0.15, -0.1) is 0 Å². The highest BCUT2D eigenvalue weighted by Crippen LogP contribution is 2.27. The molecule has 1 N–H and O–H groups in total. The molecule has 1 saturated heterocycles. The van der Waals surface area contributed by atoms with E-state index in [2.05, 4.69) is 5.32 Å².